The van der Waals surface area contributed by atoms with E-state index in [1.165, 1.54) is 50.7 Å². The Morgan fingerprint density at radius 3 is 2.75 bits per heavy atom. The topological polar surface area (TPSA) is 9.23 Å². The maximum absolute atomic E-state index is 5.56. The molecule has 2 heteroatoms. The van der Waals surface area contributed by atoms with Crippen molar-refractivity contribution in [3.8, 4) is 0 Å². The van der Waals surface area contributed by atoms with Gasteiger partial charge in [0.25, 0.3) is 0 Å². The predicted octanol–water partition coefficient (Wildman–Crippen LogP) is 3.30. The van der Waals surface area contributed by atoms with Gasteiger partial charge in [0.2, 0.25) is 0 Å². The van der Waals surface area contributed by atoms with Crippen LogP contribution in [0.3, 0.4) is 0 Å². The summed E-state index contributed by atoms with van der Waals surface area (Å²) in [6.45, 7) is 2.09. The minimum atomic E-state index is 0.613. The quantitative estimate of drug-likeness (QED) is 0.595. The third kappa shape index (κ3) is 3.95. The van der Waals surface area contributed by atoms with E-state index in [1.54, 1.807) is 0 Å². The molecule has 0 N–H and O–H groups in total. The SMILES string of the molecule is C[Si]O/C1=C/CCCCCCC1. The zero-order valence-corrected chi connectivity index (χ0v) is 8.94. The van der Waals surface area contributed by atoms with Crippen molar-refractivity contribution >= 4 is 9.76 Å². The first-order valence-corrected chi connectivity index (χ1v) is 6.37. The second kappa shape index (κ2) is 6.29. The van der Waals surface area contributed by atoms with Gasteiger partial charge in [-0.2, -0.15) is 0 Å². The summed E-state index contributed by atoms with van der Waals surface area (Å²) in [5.74, 6) is 1.25. The molecule has 0 bridgehead atoms. The van der Waals surface area contributed by atoms with Crippen LogP contribution in [0.4, 0.5) is 0 Å². The van der Waals surface area contributed by atoms with E-state index in [0.717, 1.165) is 0 Å². The minimum absolute atomic E-state index is 0.613. The molecule has 0 atom stereocenters. The Labute approximate surface area is 78.1 Å². The van der Waals surface area contributed by atoms with E-state index in [9.17, 15) is 0 Å². The van der Waals surface area contributed by atoms with Gasteiger partial charge in [-0.15, -0.1) is 0 Å². The Hall–Kier alpha value is -0.243. The third-order valence-electron chi connectivity index (χ3n) is 2.23. The molecular formula is C10H18OSi. The van der Waals surface area contributed by atoms with E-state index < -0.39 is 0 Å². The fourth-order valence-electron chi connectivity index (χ4n) is 1.56. The molecule has 0 amide bonds. The Bertz CT molecular complexity index is 143. The average molecular weight is 182 g/mol. The van der Waals surface area contributed by atoms with Crippen molar-refractivity contribution < 1.29 is 4.43 Å². The molecule has 1 rings (SSSR count). The summed E-state index contributed by atoms with van der Waals surface area (Å²) in [5.41, 5.74) is 0. The van der Waals surface area contributed by atoms with Gasteiger partial charge in [-0.05, 0) is 31.9 Å². The second-order valence-corrected chi connectivity index (χ2v) is 3.90. The molecule has 0 saturated carbocycles. The van der Waals surface area contributed by atoms with Crippen LogP contribution < -0.4 is 0 Å². The Kier molecular flexibility index (Phi) is 5.16. The van der Waals surface area contributed by atoms with Gasteiger partial charge in [0, 0.05) is 6.42 Å². The van der Waals surface area contributed by atoms with Gasteiger partial charge >= 0.3 is 9.76 Å². The lowest BCUT2D eigenvalue weighted by atomic mass is 10.1. The van der Waals surface area contributed by atoms with E-state index in [1.807, 2.05) is 0 Å². The summed E-state index contributed by atoms with van der Waals surface area (Å²) in [5, 5.41) is 0. The van der Waals surface area contributed by atoms with Crippen LogP contribution in [0.1, 0.15) is 44.9 Å². The molecule has 68 valence electrons. The summed E-state index contributed by atoms with van der Waals surface area (Å²) in [6, 6.07) is 0. The van der Waals surface area contributed by atoms with Crippen molar-refractivity contribution in [3.05, 3.63) is 11.8 Å². The van der Waals surface area contributed by atoms with Crippen molar-refractivity contribution in [2.24, 2.45) is 0 Å². The highest BCUT2D eigenvalue weighted by Crippen LogP contribution is 2.17. The highest BCUT2D eigenvalue weighted by atomic mass is 28.2. The Balaban J connectivity index is 2.33. The van der Waals surface area contributed by atoms with E-state index in [2.05, 4.69) is 12.6 Å². The molecule has 0 spiro atoms. The normalized spacial score (nSPS) is 24.6. The van der Waals surface area contributed by atoms with Gasteiger partial charge < -0.3 is 4.43 Å². The molecule has 1 aliphatic rings. The number of hydrogen-bond donors (Lipinski definition) is 0. The van der Waals surface area contributed by atoms with Gasteiger partial charge in [-0.3, -0.25) is 0 Å². The molecule has 0 unspecified atom stereocenters. The zero-order valence-electron chi connectivity index (χ0n) is 7.94. The number of allylic oxidation sites excluding steroid dienone is 2. The van der Waals surface area contributed by atoms with Gasteiger partial charge in [-0.25, -0.2) is 0 Å². The van der Waals surface area contributed by atoms with Crippen LogP contribution in [0.25, 0.3) is 0 Å². The molecule has 0 aliphatic heterocycles. The fourth-order valence-corrected chi connectivity index (χ4v) is 2.01. The summed E-state index contributed by atoms with van der Waals surface area (Å²) in [4.78, 5) is 0. The predicted molar refractivity (Wildman–Crippen MR) is 53.1 cm³/mol. The van der Waals surface area contributed by atoms with E-state index in [-0.39, 0.29) is 0 Å². The van der Waals surface area contributed by atoms with Gasteiger partial charge in [0.1, 0.15) is 0 Å². The molecule has 12 heavy (non-hydrogen) atoms. The van der Waals surface area contributed by atoms with Crippen LogP contribution in [0, 0.1) is 0 Å². The second-order valence-electron chi connectivity index (χ2n) is 3.28. The van der Waals surface area contributed by atoms with Gasteiger partial charge in [-0.1, -0.05) is 19.3 Å². The highest BCUT2D eigenvalue weighted by molar-refractivity contribution is 6.25. The van der Waals surface area contributed by atoms with Crippen molar-refractivity contribution in [3.63, 3.8) is 0 Å². The zero-order chi connectivity index (χ0) is 8.65. The summed E-state index contributed by atoms with van der Waals surface area (Å²) >= 11 is 0. The maximum atomic E-state index is 5.56. The molecule has 0 fully saturated rings. The molecular weight excluding hydrogens is 164 g/mol. The van der Waals surface area contributed by atoms with Crippen LogP contribution in [-0.2, 0) is 4.43 Å². The van der Waals surface area contributed by atoms with Crippen molar-refractivity contribution in [2.45, 2.75) is 51.5 Å². The fraction of sp³-hybridized carbons (Fsp3) is 0.800. The average Bonchev–Trinajstić information content (AvgIpc) is 2.19. The lowest BCUT2D eigenvalue weighted by Gasteiger charge is -2.06. The van der Waals surface area contributed by atoms with E-state index in [0.29, 0.717) is 9.76 Å². The molecule has 0 aromatic carbocycles. The van der Waals surface area contributed by atoms with Gasteiger partial charge in [0.05, 0.1) is 5.76 Å². The summed E-state index contributed by atoms with van der Waals surface area (Å²) in [7, 11) is 0.613. The maximum Gasteiger partial charge on any atom is 0.306 e. The number of hydrogen-bond acceptors (Lipinski definition) is 1. The molecule has 0 saturated heterocycles. The van der Waals surface area contributed by atoms with Crippen LogP contribution >= 0.6 is 0 Å². The summed E-state index contributed by atoms with van der Waals surface area (Å²) in [6.07, 6.45) is 11.5. The molecule has 1 nitrogen and oxygen atoms in total. The highest BCUT2D eigenvalue weighted by Gasteiger charge is 2.00. The third-order valence-corrected chi connectivity index (χ3v) is 2.70. The van der Waals surface area contributed by atoms with Crippen LogP contribution in [0.15, 0.2) is 11.8 Å². The minimum Gasteiger partial charge on any atom is -0.544 e. The van der Waals surface area contributed by atoms with Crippen molar-refractivity contribution in [1.29, 1.82) is 0 Å². The first kappa shape index (κ1) is 9.84. The molecule has 0 aromatic heterocycles. The van der Waals surface area contributed by atoms with E-state index in [4.69, 9.17) is 4.43 Å². The smallest absolute Gasteiger partial charge is 0.306 e. The number of rotatable bonds is 2. The van der Waals surface area contributed by atoms with E-state index >= 15 is 0 Å². The van der Waals surface area contributed by atoms with Crippen molar-refractivity contribution in [1.82, 2.24) is 0 Å². The van der Waals surface area contributed by atoms with Gasteiger partial charge in [0.15, 0.2) is 0 Å². The van der Waals surface area contributed by atoms with Crippen molar-refractivity contribution in [2.75, 3.05) is 0 Å². The van der Waals surface area contributed by atoms with Crippen LogP contribution in [0.5, 0.6) is 0 Å². The Morgan fingerprint density at radius 2 is 1.92 bits per heavy atom. The molecule has 2 radical (unpaired) electrons. The molecule has 1 aliphatic carbocycles. The first-order valence-electron chi connectivity index (χ1n) is 4.96. The molecule has 0 aromatic rings. The Morgan fingerprint density at radius 1 is 1.17 bits per heavy atom. The molecule has 0 heterocycles. The lowest BCUT2D eigenvalue weighted by Crippen LogP contribution is -1.94. The lowest BCUT2D eigenvalue weighted by molar-refractivity contribution is 0.421. The first-order chi connectivity index (χ1) is 5.93. The largest absolute Gasteiger partial charge is 0.544 e. The summed E-state index contributed by atoms with van der Waals surface area (Å²) < 4.78 is 5.56. The standard InChI is InChI=1S/C10H18OSi/c1-12-11-10-8-6-4-2-3-5-7-9-10/h8H,2-7,9H2,1H3/b10-8+. The monoisotopic (exact) mass is 182 g/mol. The van der Waals surface area contributed by atoms with Crippen LogP contribution in [-0.4, -0.2) is 9.76 Å². The van der Waals surface area contributed by atoms with Crippen LogP contribution in [0.2, 0.25) is 6.55 Å².